The molecule has 1 atom stereocenters. The maximum atomic E-state index is 13.4. The number of amides is 1. The molecule has 1 amide bonds. The van der Waals surface area contributed by atoms with E-state index in [1.165, 1.54) is 11.8 Å². The fourth-order valence-electron chi connectivity index (χ4n) is 3.50. The Morgan fingerprint density at radius 3 is 2.09 bits per heavy atom. The van der Waals surface area contributed by atoms with Crippen molar-refractivity contribution >= 4 is 33.4 Å². The summed E-state index contributed by atoms with van der Waals surface area (Å²) in [6, 6.07) is 32.3. The first-order valence-corrected chi connectivity index (χ1v) is 13.5. The molecule has 0 heterocycles. The summed E-state index contributed by atoms with van der Waals surface area (Å²) in [5.41, 5.74) is 2.43. The highest BCUT2D eigenvalue weighted by Gasteiger charge is 2.26. The zero-order valence-corrected chi connectivity index (χ0v) is 20.9. The van der Waals surface area contributed by atoms with Crippen molar-refractivity contribution in [1.82, 2.24) is 4.72 Å². The van der Waals surface area contributed by atoms with E-state index in [2.05, 4.69) is 10.0 Å². The van der Waals surface area contributed by atoms with Crippen LogP contribution < -0.4 is 10.0 Å². The molecule has 4 aromatic rings. The first-order chi connectivity index (χ1) is 16.9. The van der Waals surface area contributed by atoms with Crippen LogP contribution in [-0.2, 0) is 21.2 Å². The van der Waals surface area contributed by atoms with Gasteiger partial charge in [0.25, 0.3) is 0 Å². The molecule has 0 bridgehead atoms. The highest BCUT2D eigenvalue weighted by atomic mass is 32.2. The predicted molar refractivity (Wildman–Crippen MR) is 141 cm³/mol. The van der Waals surface area contributed by atoms with Gasteiger partial charge in [-0.1, -0.05) is 90.1 Å². The minimum atomic E-state index is -3.91. The van der Waals surface area contributed by atoms with E-state index in [0.717, 1.165) is 20.9 Å². The monoisotopic (exact) mass is 502 g/mol. The number of rotatable bonds is 9. The van der Waals surface area contributed by atoms with Crippen LogP contribution in [0.15, 0.2) is 124 Å². The SMILES string of the molecule is Cc1ccc(S(=O)(=O)N[C@H](Cc2ccccc2)C(=O)Nc2ccccc2Sc2ccccc2)cc1. The van der Waals surface area contributed by atoms with Gasteiger partial charge in [0.15, 0.2) is 0 Å². The van der Waals surface area contributed by atoms with Crippen LogP contribution in [0.25, 0.3) is 0 Å². The molecule has 0 aliphatic rings. The standard InChI is InChI=1S/C28H26N2O3S2/c1-21-16-18-24(19-17-21)35(32,33)30-26(20-22-10-4-2-5-11-22)28(31)29-25-14-8-9-15-27(25)34-23-12-6-3-7-13-23/h2-19,26,30H,20H2,1H3,(H,29,31)/t26-/m1/s1. The van der Waals surface area contributed by atoms with Gasteiger partial charge >= 0.3 is 0 Å². The van der Waals surface area contributed by atoms with Crippen molar-refractivity contribution in [2.75, 3.05) is 5.32 Å². The topological polar surface area (TPSA) is 75.3 Å². The first-order valence-electron chi connectivity index (χ1n) is 11.2. The number of carbonyl (C=O) groups excluding carboxylic acids is 1. The van der Waals surface area contributed by atoms with Crippen molar-refractivity contribution in [2.45, 2.75) is 34.1 Å². The number of hydrogen-bond donors (Lipinski definition) is 2. The summed E-state index contributed by atoms with van der Waals surface area (Å²) in [5.74, 6) is -0.425. The Bertz CT molecular complexity index is 1370. The first kappa shape index (κ1) is 24.7. The summed E-state index contributed by atoms with van der Waals surface area (Å²) in [5, 5.41) is 2.95. The molecule has 0 spiro atoms. The number of carbonyl (C=O) groups is 1. The molecule has 0 saturated carbocycles. The average Bonchev–Trinajstić information content (AvgIpc) is 2.86. The number of aryl methyl sites for hydroxylation is 1. The quantitative estimate of drug-likeness (QED) is 0.309. The normalized spacial score (nSPS) is 12.1. The van der Waals surface area contributed by atoms with Crippen molar-refractivity contribution in [3.05, 3.63) is 120 Å². The zero-order valence-electron chi connectivity index (χ0n) is 19.2. The van der Waals surface area contributed by atoms with Crippen LogP contribution in [0.3, 0.4) is 0 Å². The largest absolute Gasteiger partial charge is 0.324 e. The minimum absolute atomic E-state index is 0.119. The van der Waals surface area contributed by atoms with E-state index in [4.69, 9.17) is 0 Å². The van der Waals surface area contributed by atoms with Crippen LogP contribution >= 0.6 is 11.8 Å². The molecule has 4 aromatic carbocycles. The lowest BCUT2D eigenvalue weighted by molar-refractivity contribution is -0.117. The molecule has 2 N–H and O–H groups in total. The Labute approximate surface area is 210 Å². The van der Waals surface area contributed by atoms with Crippen molar-refractivity contribution in [3.8, 4) is 0 Å². The van der Waals surface area contributed by atoms with Gasteiger partial charge in [0.05, 0.1) is 10.6 Å². The van der Waals surface area contributed by atoms with E-state index in [9.17, 15) is 13.2 Å². The lowest BCUT2D eigenvalue weighted by Crippen LogP contribution is -2.45. The Morgan fingerprint density at radius 1 is 0.800 bits per heavy atom. The van der Waals surface area contributed by atoms with Gasteiger partial charge in [-0.15, -0.1) is 0 Å². The molecule has 0 unspecified atom stereocenters. The summed E-state index contributed by atoms with van der Waals surface area (Å²) in [4.78, 5) is 15.5. The Hall–Kier alpha value is -3.39. The van der Waals surface area contributed by atoms with E-state index in [-0.39, 0.29) is 11.3 Å². The Morgan fingerprint density at radius 2 is 1.40 bits per heavy atom. The van der Waals surface area contributed by atoms with E-state index >= 15 is 0 Å². The predicted octanol–water partition coefficient (Wildman–Crippen LogP) is 5.67. The second-order valence-electron chi connectivity index (χ2n) is 8.08. The number of anilines is 1. The van der Waals surface area contributed by atoms with Crippen LogP contribution in [0.4, 0.5) is 5.69 Å². The Balaban J connectivity index is 1.59. The molecule has 0 fully saturated rings. The molecule has 0 aliphatic carbocycles. The van der Waals surface area contributed by atoms with Crippen molar-refractivity contribution in [1.29, 1.82) is 0 Å². The molecule has 0 radical (unpaired) electrons. The summed E-state index contributed by atoms with van der Waals surface area (Å²) in [6.45, 7) is 1.89. The van der Waals surface area contributed by atoms with Crippen LogP contribution in [0, 0.1) is 6.92 Å². The van der Waals surface area contributed by atoms with Crippen molar-refractivity contribution < 1.29 is 13.2 Å². The fraction of sp³-hybridized carbons (Fsp3) is 0.107. The third kappa shape index (κ3) is 6.82. The van der Waals surface area contributed by atoms with Crippen LogP contribution in [0.5, 0.6) is 0 Å². The van der Waals surface area contributed by atoms with E-state index in [1.807, 2.05) is 91.9 Å². The molecule has 178 valence electrons. The highest BCUT2D eigenvalue weighted by Crippen LogP contribution is 2.33. The van der Waals surface area contributed by atoms with Gasteiger partial charge in [-0.2, -0.15) is 4.72 Å². The van der Waals surface area contributed by atoms with E-state index in [1.54, 1.807) is 24.3 Å². The van der Waals surface area contributed by atoms with Crippen LogP contribution in [0.2, 0.25) is 0 Å². The summed E-state index contributed by atoms with van der Waals surface area (Å²) in [7, 11) is -3.91. The number of sulfonamides is 1. The lowest BCUT2D eigenvalue weighted by Gasteiger charge is -2.20. The molecule has 0 saturated heterocycles. The zero-order chi connectivity index (χ0) is 24.7. The Kier molecular flexibility index (Phi) is 8.02. The summed E-state index contributed by atoms with van der Waals surface area (Å²) < 4.78 is 28.8. The smallest absolute Gasteiger partial charge is 0.242 e. The maximum Gasteiger partial charge on any atom is 0.242 e. The van der Waals surface area contributed by atoms with Crippen LogP contribution in [-0.4, -0.2) is 20.4 Å². The molecular weight excluding hydrogens is 476 g/mol. The van der Waals surface area contributed by atoms with Gasteiger partial charge < -0.3 is 5.32 Å². The molecule has 4 rings (SSSR count). The highest BCUT2D eigenvalue weighted by molar-refractivity contribution is 7.99. The van der Waals surface area contributed by atoms with Gasteiger partial charge in [-0.25, -0.2) is 8.42 Å². The second kappa shape index (κ2) is 11.4. The minimum Gasteiger partial charge on any atom is -0.324 e. The van der Waals surface area contributed by atoms with Crippen molar-refractivity contribution in [2.24, 2.45) is 0 Å². The molecular formula is C28H26N2O3S2. The lowest BCUT2D eigenvalue weighted by atomic mass is 10.1. The maximum absolute atomic E-state index is 13.4. The average molecular weight is 503 g/mol. The molecule has 7 heteroatoms. The van der Waals surface area contributed by atoms with Gasteiger partial charge in [0, 0.05) is 9.79 Å². The molecule has 0 aliphatic heterocycles. The van der Waals surface area contributed by atoms with Crippen molar-refractivity contribution in [3.63, 3.8) is 0 Å². The second-order valence-corrected chi connectivity index (χ2v) is 10.9. The third-order valence-electron chi connectivity index (χ3n) is 5.34. The number of nitrogens with one attached hydrogen (secondary N) is 2. The number of benzene rings is 4. The van der Waals surface area contributed by atoms with Gasteiger partial charge in [0.1, 0.15) is 6.04 Å². The summed E-state index contributed by atoms with van der Waals surface area (Å²) >= 11 is 1.53. The van der Waals surface area contributed by atoms with E-state index < -0.39 is 22.0 Å². The molecule has 5 nitrogen and oxygen atoms in total. The van der Waals surface area contributed by atoms with Gasteiger partial charge in [0.2, 0.25) is 15.9 Å². The van der Waals surface area contributed by atoms with Gasteiger partial charge in [-0.05, 0) is 55.3 Å². The summed E-state index contributed by atoms with van der Waals surface area (Å²) in [6.07, 6.45) is 0.214. The number of para-hydroxylation sites is 1. The molecule has 0 aromatic heterocycles. The number of hydrogen-bond acceptors (Lipinski definition) is 4. The van der Waals surface area contributed by atoms with Gasteiger partial charge in [-0.3, -0.25) is 4.79 Å². The van der Waals surface area contributed by atoms with Crippen LogP contribution in [0.1, 0.15) is 11.1 Å². The molecule has 35 heavy (non-hydrogen) atoms. The fourth-order valence-corrected chi connectivity index (χ4v) is 5.62. The third-order valence-corrected chi connectivity index (χ3v) is 7.92. The van der Waals surface area contributed by atoms with E-state index in [0.29, 0.717) is 5.69 Å².